The number of halogens is 1. The minimum Gasteiger partial charge on any atom is -0.507 e. The van der Waals surface area contributed by atoms with Gasteiger partial charge in [0.15, 0.2) is 11.5 Å². The number of hydrogen-bond donors (Lipinski definition) is 1. The quantitative estimate of drug-likeness (QED) is 0.352. The highest BCUT2D eigenvalue weighted by atomic mass is 35.5. The van der Waals surface area contributed by atoms with E-state index in [1.807, 2.05) is 6.92 Å². The molecular weight excluding hydrogens is 462 g/mol. The minimum absolute atomic E-state index is 0.0442. The third-order valence-corrected chi connectivity index (χ3v) is 6.20. The Kier molecular flexibility index (Phi) is 6.88. The summed E-state index contributed by atoms with van der Waals surface area (Å²) in [6.07, 6.45) is 1.53. The zero-order chi connectivity index (χ0) is 24.4. The van der Waals surface area contributed by atoms with Crippen LogP contribution in [0.4, 0.5) is 0 Å². The van der Waals surface area contributed by atoms with Crippen LogP contribution in [0.3, 0.4) is 0 Å². The molecule has 0 aliphatic carbocycles. The number of amides is 1. The average molecular weight is 488 g/mol. The van der Waals surface area contributed by atoms with Crippen LogP contribution in [-0.4, -0.2) is 55.7 Å². The summed E-state index contributed by atoms with van der Waals surface area (Å²) in [6.45, 7) is 3.20. The summed E-state index contributed by atoms with van der Waals surface area (Å²) >= 11 is 6.30. The van der Waals surface area contributed by atoms with Crippen LogP contribution in [0.25, 0.3) is 5.76 Å². The van der Waals surface area contributed by atoms with Gasteiger partial charge in [0, 0.05) is 12.6 Å². The number of carbonyl (C=O) groups excluding carboxylic acids is 2. The highest BCUT2D eigenvalue weighted by Crippen LogP contribution is 2.44. The summed E-state index contributed by atoms with van der Waals surface area (Å²) in [5, 5.41) is 11.6. The van der Waals surface area contributed by atoms with E-state index in [1.165, 1.54) is 31.3 Å². The lowest BCUT2D eigenvalue weighted by atomic mass is 9.94. The van der Waals surface area contributed by atoms with Crippen LogP contribution in [0.5, 0.6) is 23.0 Å². The van der Waals surface area contributed by atoms with Crippen LogP contribution in [0.15, 0.2) is 35.9 Å². The summed E-state index contributed by atoms with van der Waals surface area (Å²) in [5.74, 6) is -0.116. The summed E-state index contributed by atoms with van der Waals surface area (Å²) in [6, 6.07) is 7.42. The maximum atomic E-state index is 13.2. The Balaban J connectivity index is 1.90. The average Bonchev–Trinajstić information content (AvgIpc) is 3.11. The number of aliphatic hydroxyl groups is 1. The molecule has 2 aromatic rings. The van der Waals surface area contributed by atoms with Crippen LogP contribution < -0.4 is 18.9 Å². The molecule has 1 fully saturated rings. The number of aliphatic hydroxyl groups excluding tert-OH is 1. The maximum absolute atomic E-state index is 13.2. The Labute approximate surface area is 202 Å². The largest absolute Gasteiger partial charge is 0.507 e. The van der Waals surface area contributed by atoms with Crippen molar-refractivity contribution in [2.45, 2.75) is 25.8 Å². The van der Waals surface area contributed by atoms with Gasteiger partial charge in [-0.2, -0.15) is 0 Å². The Bertz CT molecular complexity index is 1160. The van der Waals surface area contributed by atoms with Gasteiger partial charge in [-0.3, -0.25) is 9.59 Å². The van der Waals surface area contributed by atoms with Crippen LogP contribution >= 0.6 is 11.6 Å². The van der Waals surface area contributed by atoms with Gasteiger partial charge in [-0.1, -0.05) is 31.0 Å². The lowest BCUT2D eigenvalue weighted by Crippen LogP contribution is -2.30. The highest BCUT2D eigenvalue weighted by Gasteiger charge is 2.46. The number of benzene rings is 2. The molecule has 0 spiro atoms. The maximum Gasteiger partial charge on any atom is 0.295 e. The van der Waals surface area contributed by atoms with Crippen molar-refractivity contribution in [1.29, 1.82) is 0 Å². The van der Waals surface area contributed by atoms with Gasteiger partial charge in [0.25, 0.3) is 11.7 Å². The molecule has 1 saturated heterocycles. The smallest absolute Gasteiger partial charge is 0.295 e. The van der Waals surface area contributed by atoms with Crippen molar-refractivity contribution < 1.29 is 33.6 Å². The third-order valence-electron chi connectivity index (χ3n) is 5.90. The van der Waals surface area contributed by atoms with Crippen LogP contribution in [0.2, 0.25) is 5.02 Å². The Morgan fingerprint density at radius 3 is 2.47 bits per heavy atom. The fourth-order valence-corrected chi connectivity index (χ4v) is 4.45. The molecule has 8 nitrogen and oxygen atoms in total. The number of Topliss-reactive ketones (excluding diaryl/α,β-unsaturated/α-hetero) is 1. The SMILES string of the molecule is CCCCN1C(=O)C(=O)/C(=C(/O)c2cc(Cl)c(OC)cc2OC)C1c1ccc2c(c1)OCCO2. The summed E-state index contributed by atoms with van der Waals surface area (Å²) in [4.78, 5) is 27.7. The Morgan fingerprint density at radius 2 is 1.79 bits per heavy atom. The molecule has 34 heavy (non-hydrogen) atoms. The molecule has 1 N–H and O–H groups in total. The molecule has 2 heterocycles. The van der Waals surface area contributed by atoms with Gasteiger partial charge in [-0.05, 0) is 30.2 Å². The number of hydrogen-bond acceptors (Lipinski definition) is 7. The van der Waals surface area contributed by atoms with Crippen molar-refractivity contribution in [3.8, 4) is 23.0 Å². The number of methoxy groups -OCH3 is 2. The molecular formula is C25H26ClNO7. The number of rotatable bonds is 7. The molecule has 2 aliphatic heterocycles. The molecule has 0 saturated carbocycles. The first-order chi connectivity index (χ1) is 16.4. The van der Waals surface area contributed by atoms with E-state index in [1.54, 1.807) is 18.2 Å². The fraction of sp³-hybridized carbons (Fsp3) is 0.360. The molecule has 0 aromatic heterocycles. The van der Waals surface area contributed by atoms with E-state index in [0.717, 1.165) is 6.42 Å². The molecule has 4 rings (SSSR count). The van der Waals surface area contributed by atoms with Gasteiger partial charge in [0.05, 0.1) is 36.4 Å². The Hall–Kier alpha value is -3.39. The molecule has 0 radical (unpaired) electrons. The molecule has 9 heteroatoms. The first-order valence-electron chi connectivity index (χ1n) is 11.0. The highest BCUT2D eigenvalue weighted by molar-refractivity contribution is 6.46. The molecule has 2 aliphatic rings. The van der Waals surface area contributed by atoms with E-state index >= 15 is 0 Å². The number of unbranched alkanes of at least 4 members (excludes halogenated alkanes) is 1. The van der Waals surface area contributed by atoms with Crippen molar-refractivity contribution in [1.82, 2.24) is 4.90 Å². The lowest BCUT2D eigenvalue weighted by molar-refractivity contribution is -0.139. The van der Waals surface area contributed by atoms with Crippen molar-refractivity contribution in [3.63, 3.8) is 0 Å². The van der Waals surface area contributed by atoms with Gasteiger partial charge in [-0.25, -0.2) is 0 Å². The normalized spacial score (nSPS) is 18.8. The van der Waals surface area contributed by atoms with Gasteiger partial charge >= 0.3 is 0 Å². The van der Waals surface area contributed by atoms with E-state index in [2.05, 4.69) is 0 Å². The monoisotopic (exact) mass is 487 g/mol. The summed E-state index contributed by atoms with van der Waals surface area (Å²) in [7, 11) is 2.89. The zero-order valence-corrected chi connectivity index (χ0v) is 20.0. The molecule has 180 valence electrons. The molecule has 2 aromatic carbocycles. The van der Waals surface area contributed by atoms with E-state index in [0.29, 0.717) is 49.0 Å². The number of likely N-dealkylation sites (tertiary alicyclic amines) is 1. The van der Waals surface area contributed by atoms with Gasteiger partial charge in [0.2, 0.25) is 0 Å². The van der Waals surface area contributed by atoms with Crippen molar-refractivity contribution >= 4 is 29.1 Å². The summed E-state index contributed by atoms with van der Waals surface area (Å²) < 4.78 is 22.0. The van der Waals surface area contributed by atoms with Crippen LogP contribution in [-0.2, 0) is 9.59 Å². The number of nitrogens with zero attached hydrogens (tertiary/aromatic N) is 1. The van der Waals surface area contributed by atoms with Crippen LogP contribution in [0.1, 0.15) is 36.9 Å². The standard InChI is InChI=1S/C25H26ClNO7/c1-4-5-8-27-22(14-6-7-17-20(11-14)34-10-9-33-17)21(24(29)25(27)30)23(28)15-12-16(26)19(32-3)13-18(15)31-2/h6-7,11-13,22,28H,4-5,8-10H2,1-3H3/b23-21+. The van der Waals surface area contributed by atoms with E-state index in [4.69, 9.17) is 30.5 Å². The molecule has 1 amide bonds. The first kappa shape index (κ1) is 23.8. The minimum atomic E-state index is -0.812. The molecule has 1 unspecified atom stereocenters. The van der Waals surface area contributed by atoms with Crippen molar-refractivity contribution in [3.05, 3.63) is 52.1 Å². The predicted octanol–water partition coefficient (Wildman–Crippen LogP) is 4.35. The van der Waals surface area contributed by atoms with E-state index < -0.39 is 17.7 Å². The fourth-order valence-electron chi connectivity index (χ4n) is 4.21. The number of fused-ring (bicyclic) bond motifs is 1. The van der Waals surface area contributed by atoms with E-state index in [9.17, 15) is 14.7 Å². The van der Waals surface area contributed by atoms with Gasteiger partial charge in [0.1, 0.15) is 30.5 Å². The lowest BCUT2D eigenvalue weighted by Gasteiger charge is -2.27. The second-order valence-corrected chi connectivity index (χ2v) is 8.34. The number of ether oxygens (including phenoxy) is 4. The second-order valence-electron chi connectivity index (χ2n) is 7.94. The number of ketones is 1. The van der Waals surface area contributed by atoms with Gasteiger partial charge in [-0.15, -0.1) is 0 Å². The Morgan fingerprint density at radius 1 is 1.09 bits per heavy atom. The van der Waals surface area contributed by atoms with Crippen LogP contribution in [0, 0.1) is 0 Å². The molecule has 0 bridgehead atoms. The first-order valence-corrected chi connectivity index (χ1v) is 11.4. The molecule has 1 atom stereocenters. The zero-order valence-electron chi connectivity index (χ0n) is 19.2. The second kappa shape index (κ2) is 9.85. The van der Waals surface area contributed by atoms with Crippen molar-refractivity contribution in [2.75, 3.05) is 34.0 Å². The number of carbonyl (C=O) groups is 2. The topological polar surface area (TPSA) is 94.5 Å². The van der Waals surface area contributed by atoms with Gasteiger partial charge < -0.3 is 29.0 Å². The van der Waals surface area contributed by atoms with Crippen molar-refractivity contribution in [2.24, 2.45) is 0 Å². The van der Waals surface area contributed by atoms with E-state index in [-0.39, 0.29) is 27.7 Å². The third kappa shape index (κ3) is 4.14. The summed E-state index contributed by atoms with van der Waals surface area (Å²) in [5.41, 5.74) is 0.765. The predicted molar refractivity (Wildman–Crippen MR) is 126 cm³/mol.